The number of aromatic hydroxyl groups is 2. The Bertz CT molecular complexity index is 2060. The van der Waals surface area contributed by atoms with Crippen molar-refractivity contribution >= 4 is 22.3 Å². The minimum atomic E-state index is -1.90. The van der Waals surface area contributed by atoms with E-state index in [1.54, 1.807) is 46.8 Å². The van der Waals surface area contributed by atoms with Gasteiger partial charge < -0.3 is 88.6 Å². The predicted octanol–water partition coefficient (Wildman–Crippen LogP) is 0.899. The number of carbonyl (C=O) groups is 2. The number of Topliss-reactive ketones (excluding diaryl/α,β-unsaturated/α-hetero) is 2. The minimum Gasteiger partial charge on any atom is -0.507 e. The Balaban J connectivity index is 1.15. The summed E-state index contributed by atoms with van der Waals surface area (Å²) in [5.74, 6) is -3.64. The molecule has 2 aromatic carbocycles. The maximum atomic E-state index is 14.8. The van der Waals surface area contributed by atoms with Crippen LogP contribution in [-0.2, 0) is 49.1 Å². The normalized spacial score (nSPS) is 40.1. The molecule has 0 aromatic heterocycles. The van der Waals surface area contributed by atoms with Crippen LogP contribution >= 0.6 is 0 Å². The van der Waals surface area contributed by atoms with Crippen molar-refractivity contribution < 1.29 is 98.2 Å². The SMILES string of the molecule is CO[C@H](C(=O)[C@@H](O)[C@@H](C)O)[C@@H]1Cc2cc3cc(O[C@H]4CC[C@H](O)[C@@H](C)O4)c(C)c(O)c3c(O)c2C(=O)[C@H]1O[C@H]1CC(O[C@H]2C[C@@H](O[C@H]3C[C@](C)(O)[C@H](O)[C@@H](C)O3)C(O)[C@@H](C)O2)[C@H](O)[C@@H](C)O1. The Kier molecular flexibility index (Phi) is 15.4. The number of carbonyl (C=O) groups excluding carboxylic acids is 2. The third-order valence-corrected chi connectivity index (χ3v) is 13.8. The molecule has 66 heavy (non-hydrogen) atoms. The number of phenolic OH excluding ortho intramolecular Hbond substituents is 2. The Morgan fingerprint density at radius 3 is 1.95 bits per heavy atom. The molecule has 2 aromatic rings. The summed E-state index contributed by atoms with van der Waals surface area (Å²) >= 11 is 0. The van der Waals surface area contributed by atoms with Crippen LogP contribution in [-0.4, -0.2) is 181 Å². The third kappa shape index (κ3) is 10.1. The summed E-state index contributed by atoms with van der Waals surface area (Å²) in [7, 11) is 1.20. The van der Waals surface area contributed by atoms with Gasteiger partial charge in [0.15, 0.2) is 36.7 Å². The molecule has 4 aliphatic heterocycles. The van der Waals surface area contributed by atoms with Gasteiger partial charge in [-0.15, -0.1) is 0 Å². The summed E-state index contributed by atoms with van der Waals surface area (Å²) in [6, 6.07) is 3.15. The van der Waals surface area contributed by atoms with Crippen molar-refractivity contribution in [3.05, 3.63) is 28.8 Å². The van der Waals surface area contributed by atoms with Crippen LogP contribution in [0.4, 0.5) is 0 Å². The van der Waals surface area contributed by atoms with E-state index < -0.39 is 139 Å². The standard InChI is InChI=1S/C46H66O20/c1-17-27(63-30-10-9-26(48)19(3)59-30)13-24-11-23-12-25(43(58-8)42(55)37(50)18(2)47)44(41(54)35(23)40(53)34(24)36(17)49)66-32-15-28(38(51)21(5)61-32)64-31-14-29(39(52)20(4)60-31)65-33-16-46(7,57)45(56)22(6)62-33/h11,13,18-22,25-26,28-33,37-39,43-45,47-53,56-57H,9-10,12,14-16H2,1-8H3/t18-,19-,20-,21-,22-,25+,26+,28?,29-,30+,31+,32+,33+,37+,38-,39?,43+,44+,45-,46+/m1/s1. The molecule has 0 spiro atoms. The maximum Gasteiger partial charge on any atom is 0.200 e. The highest BCUT2D eigenvalue weighted by Crippen LogP contribution is 2.47. The van der Waals surface area contributed by atoms with E-state index in [0.717, 1.165) is 0 Å². The van der Waals surface area contributed by atoms with Gasteiger partial charge in [0.05, 0.1) is 65.4 Å². The molecule has 370 valence electrons. The first-order chi connectivity index (χ1) is 31.0. The summed E-state index contributed by atoms with van der Waals surface area (Å²) in [6.45, 7) is 10.7. The fourth-order valence-corrected chi connectivity index (χ4v) is 9.84. The molecule has 0 radical (unpaired) electrons. The number of benzene rings is 2. The zero-order valence-corrected chi connectivity index (χ0v) is 38.4. The van der Waals surface area contributed by atoms with E-state index in [9.17, 15) is 55.5 Å². The molecule has 5 aliphatic rings. The van der Waals surface area contributed by atoms with Crippen LogP contribution in [0, 0.1) is 12.8 Å². The van der Waals surface area contributed by atoms with E-state index in [1.165, 1.54) is 21.0 Å². The van der Waals surface area contributed by atoms with Crippen LogP contribution in [0.1, 0.15) is 95.1 Å². The van der Waals surface area contributed by atoms with Crippen molar-refractivity contribution in [2.24, 2.45) is 5.92 Å². The van der Waals surface area contributed by atoms with E-state index in [4.69, 9.17) is 42.6 Å². The molecule has 9 N–H and O–H groups in total. The number of phenols is 2. The summed E-state index contributed by atoms with van der Waals surface area (Å²) in [5, 5.41) is 98.2. The number of methoxy groups -OCH3 is 1. The molecular weight excluding hydrogens is 872 g/mol. The smallest absolute Gasteiger partial charge is 0.200 e. The number of aliphatic hydroxyl groups excluding tert-OH is 6. The highest BCUT2D eigenvalue weighted by molar-refractivity contribution is 6.11. The fourth-order valence-electron chi connectivity index (χ4n) is 9.84. The van der Waals surface area contributed by atoms with Crippen LogP contribution in [0.15, 0.2) is 12.1 Å². The molecule has 0 saturated carbocycles. The molecule has 0 amide bonds. The Morgan fingerprint density at radius 2 is 1.38 bits per heavy atom. The van der Waals surface area contributed by atoms with Gasteiger partial charge in [0.25, 0.3) is 0 Å². The molecule has 1 aliphatic carbocycles. The van der Waals surface area contributed by atoms with Crippen molar-refractivity contribution in [2.45, 2.75) is 203 Å². The Labute approximate surface area is 382 Å². The predicted molar refractivity (Wildman–Crippen MR) is 227 cm³/mol. The van der Waals surface area contributed by atoms with Crippen molar-refractivity contribution in [3.8, 4) is 17.2 Å². The topological polar surface area (TPSA) is 299 Å². The van der Waals surface area contributed by atoms with E-state index in [0.29, 0.717) is 12.8 Å². The van der Waals surface area contributed by atoms with Gasteiger partial charge in [-0.05, 0) is 84.4 Å². The van der Waals surface area contributed by atoms with Crippen LogP contribution in [0.2, 0.25) is 0 Å². The molecule has 4 saturated heterocycles. The van der Waals surface area contributed by atoms with E-state index in [2.05, 4.69) is 0 Å². The zero-order chi connectivity index (χ0) is 48.3. The number of ketones is 2. The number of aliphatic hydroxyl groups is 7. The lowest BCUT2D eigenvalue weighted by Gasteiger charge is -2.46. The molecule has 20 nitrogen and oxygen atoms in total. The molecule has 4 fully saturated rings. The van der Waals surface area contributed by atoms with Gasteiger partial charge >= 0.3 is 0 Å². The Hall–Kier alpha value is -3.16. The van der Waals surface area contributed by atoms with Gasteiger partial charge in [0.1, 0.15) is 53.9 Å². The van der Waals surface area contributed by atoms with Gasteiger partial charge in [0, 0.05) is 44.3 Å². The van der Waals surface area contributed by atoms with E-state index >= 15 is 0 Å². The maximum absolute atomic E-state index is 14.8. The van der Waals surface area contributed by atoms with Gasteiger partial charge in [-0.3, -0.25) is 9.59 Å². The fraction of sp³-hybridized carbons (Fsp3) is 0.739. The molecule has 20 atom stereocenters. The van der Waals surface area contributed by atoms with Gasteiger partial charge in [-0.1, -0.05) is 0 Å². The quantitative estimate of drug-likeness (QED) is 0.135. The molecular formula is C46H66O20. The first kappa shape index (κ1) is 50.7. The van der Waals surface area contributed by atoms with Crippen LogP contribution in [0.3, 0.4) is 0 Å². The number of hydrogen-bond donors (Lipinski definition) is 9. The van der Waals surface area contributed by atoms with Crippen molar-refractivity contribution in [1.82, 2.24) is 0 Å². The Morgan fingerprint density at radius 1 is 0.803 bits per heavy atom. The molecule has 2 unspecified atom stereocenters. The van der Waals surface area contributed by atoms with Crippen molar-refractivity contribution in [3.63, 3.8) is 0 Å². The van der Waals surface area contributed by atoms with E-state index in [-0.39, 0.29) is 64.6 Å². The van der Waals surface area contributed by atoms with Gasteiger partial charge in [0.2, 0.25) is 0 Å². The second-order valence-corrected chi connectivity index (χ2v) is 18.9. The molecule has 7 rings (SSSR count). The summed E-state index contributed by atoms with van der Waals surface area (Å²) in [6.07, 6.45) is -19.5. The van der Waals surface area contributed by atoms with Gasteiger partial charge in [-0.2, -0.15) is 0 Å². The average molecular weight is 939 g/mol. The number of rotatable bonds is 13. The van der Waals surface area contributed by atoms with Crippen LogP contribution < -0.4 is 4.74 Å². The monoisotopic (exact) mass is 938 g/mol. The highest BCUT2D eigenvalue weighted by atomic mass is 16.7. The largest absolute Gasteiger partial charge is 0.507 e. The highest BCUT2D eigenvalue weighted by Gasteiger charge is 2.51. The summed E-state index contributed by atoms with van der Waals surface area (Å²) < 4.78 is 54.2. The lowest BCUT2D eigenvalue weighted by atomic mass is 9.75. The number of hydrogen-bond acceptors (Lipinski definition) is 20. The second kappa shape index (κ2) is 20.1. The number of fused-ring (bicyclic) bond motifs is 2. The zero-order valence-electron chi connectivity index (χ0n) is 38.4. The molecule has 4 heterocycles. The third-order valence-electron chi connectivity index (χ3n) is 13.8. The van der Waals surface area contributed by atoms with Crippen LogP contribution in [0.25, 0.3) is 10.8 Å². The second-order valence-electron chi connectivity index (χ2n) is 18.9. The molecule has 0 bridgehead atoms. The van der Waals surface area contributed by atoms with Gasteiger partial charge in [-0.25, -0.2) is 0 Å². The van der Waals surface area contributed by atoms with E-state index in [1.807, 2.05) is 0 Å². The average Bonchev–Trinajstić information content (AvgIpc) is 3.24. The summed E-state index contributed by atoms with van der Waals surface area (Å²) in [5.41, 5.74) is -1.23. The lowest BCUT2D eigenvalue weighted by Crippen LogP contribution is -2.58. The van der Waals surface area contributed by atoms with Crippen molar-refractivity contribution in [1.29, 1.82) is 0 Å². The number of ether oxygens (including phenoxy) is 9. The minimum absolute atomic E-state index is 0.0392. The summed E-state index contributed by atoms with van der Waals surface area (Å²) in [4.78, 5) is 28.6. The van der Waals surface area contributed by atoms with Crippen LogP contribution in [0.5, 0.6) is 17.2 Å². The first-order valence-corrected chi connectivity index (χ1v) is 22.7. The lowest BCUT2D eigenvalue weighted by molar-refractivity contribution is -0.334. The van der Waals surface area contributed by atoms with Crippen molar-refractivity contribution in [2.75, 3.05) is 7.11 Å². The molecule has 20 heteroatoms. The first-order valence-electron chi connectivity index (χ1n) is 22.7.